The molecule has 20 heavy (non-hydrogen) atoms. The molecule has 0 amide bonds. The molecule has 0 radical (unpaired) electrons. The normalized spacial score (nSPS) is 22.9. The average Bonchev–Trinajstić information content (AvgIpc) is 2.48. The van der Waals surface area contributed by atoms with Gasteiger partial charge in [0.15, 0.2) is 0 Å². The summed E-state index contributed by atoms with van der Waals surface area (Å²) in [5.41, 5.74) is 0.900. The van der Waals surface area contributed by atoms with Crippen LogP contribution in [0.25, 0.3) is 10.9 Å². The van der Waals surface area contributed by atoms with Crippen LogP contribution in [0.1, 0.15) is 39.0 Å². The molecule has 2 aromatic rings. The maximum absolute atomic E-state index is 6.02. The number of hydrogen-bond acceptors (Lipinski definition) is 3. The highest BCUT2D eigenvalue weighted by Gasteiger charge is 2.20. The number of rotatable bonds is 3. The van der Waals surface area contributed by atoms with E-state index in [1.54, 1.807) is 0 Å². The van der Waals surface area contributed by atoms with Crippen molar-refractivity contribution < 1.29 is 0 Å². The Hall–Kier alpha value is -1.35. The quantitative estimate of drug-likeness (QED) is 0.835. The first kappa shape index (κ1) is 13.6. The number of benzene rings is 1. The van der Waals surface area contributed by atoms with Crippen molar-refractivity contribution in [3.8, 4) is 0 Å². The predicted octanol–water partition coefficient (Wildman–Crippen LogP) is 4.66. The van der Waals surface area contributed by atoms with E-state index < -0.39 is 0 Å². The fraction of sp³-hybridized carbons (Fsp3) is 0.500. The van der Waals surface area contributed by atoms with Gasteiger partial charge in [-0.3, -0.25) is 0 Å². The monoisotopic (exact) mass is 289 g/mol. The van der Waals surface area contributed by atoms with E-state index in [2.05, 4.69) is 22.2 Å². The SMILES string of the molecule is CCC1CCC(Nc2nc(Cl)nc3ccccc23)CC1. The minimum absolute atomic E-state index is 0.313. The van der Waals surface area contributed by atoms with Gasteiger partial charge in [-0.15, -0.1) is 0 Å². The molecule has 1 aliphatic carbocycles. The summed E-state index contributed by atoms with van der Waals surface area (Å²) in [6, 6.07) is 8.51. The topological polar surface area (TPSA) is 37.8 Å². The number of nitrogens with one attached hydrogen (secondary N) is 1. The Bertz CT molecular complexity index is 591. The summed E-state index contributed by atoms with van der Waals surface area (Å²) in [6.45, 7) is 2.29. The minimum atomic E-state index is 0.313. The van der Waals surface area contributed by atoms with Crippen molar-refractivity contribution in [1.82, 2.24) is 9.97 Å². The maximum atomic E-state index is 6.02. The zero-order valence-electron chi connectivity index (χ0n) is 11.8. The second-order valence-electron chi connectivity index (χ2n) is 5.63. The number of anilines is 1. The van der Waals surface area contributed by atoms with Gasteiger partial charge < -0.3 is 5.32 Å². The molecule has 0 unspecified atom stereocenters. The number of fused-ring (bicyclic) bond motifs is 1. The molecule has 1 aromatic carbocycles. The van der Waals surface area contributed by atoms with Crippen LogP contribution < -0.4 is 5.32 Å². The zero-order valence-corrected chi connectivity index (χ0v) is 12.5. The number of aromatic nitrogens is 2. The maximum Gasteiger partial charge on any atom is 0.224 e. The van der Waals surface area contributed by atoms with E-state index in [0.717, 1.165) is 22.6 Å². The van der Waals surface area contributed by atoms with Gasteiger partial charge in [-0.1, -0.05) is 25.5 Å². The van der Waals surface area contributed by atoms with Gasteiger partial charge in [0.2, 0.25) is 5.28 Å². The van der Waals surface area contributed by atoms with Crippen LogP contribution in [0.4, 0.5) is 5.82 Å². The van der Waals surface area contributed by atoms with Crippen LogP contribution in [0.15, 0.2) is 24.3 Å². The van der Waals surface area contributed by atoms with Gasteiger partial charge in [0.25, 0.3) is 0 Å². The molecule has 1 heterocycles. The first-order valence-corrected chi connectivity index (χ1v) is 7.83. The van der Waals surface area contributed by atoms with Gasteiger partial charge in [-0.05, 0) is 55.3 Å². The number of halogens is 1. The average molecular weight is 290 g/mol. The van der Waals surface area contributed by atoms with Crippen molar-refractivity contribution in [2.75, 3.05) is 5.32 Å². The van der Waals surface area contributed by atoms with Gasteiger partial charge >= 0.3 is 0 Å². The summed E-state index contributed by atoms with van der Waals surface area (Å²) in [4.78, 5) is 8.65. The Labute approximate surface area is 124 Å². The Morgan fingerprint density at radius 3 is 2.65 bits per heavy atom. The Kier molecular flexibility index (Phi) is 4.06. The molecule has 0 atom stereocenters. The van der Waals surface area contributed by atoms with Gasteiger partial charge in [-0.2, -0.15) is 0 Å². The lowest BCUT2D eigenvalue weighted by Crippen LogP contribution is -2.26. The highest BCUT2D eigenvalue weighted by atomic mass is 35.5. The van der Waals surface area contributed by atoms with Crippen molar-refractivity contribution in [2.24, 2.45) is 5.92 Å². The summed E-state index contributed by atoms with van der Waals surface area (Å²) >= 11 is 6.02. The Morgan fingerprint density at radius 1 is 1.15 bits per heavy atom. The minimum Gasteiger partial charge on any atom is -0.367 e. The summed E-state index contributed by atoms with van der Waals surface area (Å²) in [6.07, 6.45) is 6.35. The predicted molar refractivity (Wildman–Crippen MR) is 84.2 cm³/mol. The first-order valence-electron chi connectivity index (χ1n) is 7.45. The summed E-state index contributed by atoms with van der Waals surface area (Å²) < 4.78 is 0. The molecule has 106 valence electrons. The van der Waals surface area contributed by atoms with Gasteiger partial charge in [0, 0.05) is 11.4 Å². The molecule has 1 N–H and O–H groups in total. The summed E-state index contributed by atoms with van der Waals surface area (Å²) in [5, 5.41) is 4.94. The van der Waals surface area contributed by atoms with E-state index in [4.69, 9.17) is 11.6 Å². The van der Waals surface area contributed by atoms with Gasteiger partial charge in [0.1, 0.15) is 5.82 Å². The molecule has 1 aromatic heterocycles. The van der Waals surface area contributed by atoms with E-state index in [9.17, 15) is 0 Å². The number of hydrogen-bond donors (Lipinski definition) is 1. The van der Waals surface area contributed by atoms with Crippen LogP contribution in [-0.4, -0.2) is 16.0 Å². The molecule has 3 nitrogen and oxygen atoms in total. The first-order chi connectivity index (χ1) is 9.76. The zero-order chi connectivity index (χ0) is 13.9. The van der Waals surface area contributed by atoms with Crippen molar-refractivity contribution >= 4 is 28.3 Å². The molecule has 4 heteroatoms. The van der Waals surface area contributed by atoms with E-state index in [1.807, 2.05) is 24.3 Å². The molecule has 1 fully saturated rings. The lowest BCUT2D eigenvalue weighted by Gasteiger charge is -2.29. The van der Waals surface area contributed by atoms with Gasteiger partial charge in [-0.25, -0.2) is 9.97 Å². The van der Waals surface area contributed by atoms with E-state index >= 15 is 0 Å². The van der Waals surface area contributed by atoms with Crippen molar-refractivity contribution in [1.29, 1.82) is 0 Å². The second-order valence-corrected chi connectivity index (χ2v) is 5.97. The second kappa shape index (κ2) is 5.96. The summed E-state index contributed by atoms with van der Waals surface area (Å²) in [7, 11) is 0. The number of nitrogens with zero attached hydrogens (tertiary/aromatic N) is 2. The van der Waals surface area contributed by atoms with Crippen LogP contribution in [-0.2, 0) is 0 Å². The molecule has 0 spiro atoms. The molecule has 0 bridgehead atoms. The molecule has 1 aliphatic rings. The summed E-state index contributed by atoms with van der Waals surface area (Å²) in [5.74, 6) is 1.78. The third kappa shape index (κ3) is 2.88. The van der Waals surface area contributed by atoms with Crippen molar-refractivity contribution in [3.63, 3.8) is 0 Å². The van der Waals surface area contributed by atoms with E-state index in [0.29, 0.717) is 11.3 Å². The molecule has 1 saturated carbocycles. The molecule has 0 saturated heterocycles. The van der Waals surface area contributed by atoms with Gasteiger partial charge in [0.05, 0.1) is 5.52 Å². The third-order valence-corrected chi connectivity index (χ3v) is 4.51. The van der Waals surface area contributed by atoms with E-state index in [-0.39, 0.29) is 0 Å². The Morgan fingerprint density at radius 2 is 1.90 bits per heavy atom. The fourth-order valence-corrected chi connectivity index (χ4v) is 3.24. The molecule has 3 rings (SSSR count). The largest absolute Gasteiger partial charge is 0.367 e. The Balaban J connectivity index is 1.81. The molecular formula is C16H20ClN3. The van der Waals surface area contributed by atoms with Crippen LogP contribution in [0.5, 0.6) is 0 Å². The fourth-order valence-electron chi connectivity index (χ4n) is 3.07. The third-order valence-electron chi connectivity index (χ3n) is 4.34. The highest BCUT2D eigenvalue weighted by molar-refractivity contribution is 6.28. The molecule has 0 aliphatic heterocycles. The van der Waals surface area contributed by atoms with Crippen LogP contribution in [0.3, 0.4) is 0 Å². The van der Waals surface area contributed by atoms with Crippen LogP contribution in [0.2, 0.25) is 5.28 Å². The van der Waals surface area contributed by atoms with Crippen LogP contribution in [0, 0.1) is 5.92 Å². The smallest absolute Gasteiger partial charge is 0.224 e. The lowest BCUT2D eigenvalue weighted by atomic mass is 9.84. The number of para-hydroxylation sites is 1. The highest BCUT2D eigenvalue weighted by Crippen LogP contribution is 2.30. The van der Waals surface area contributed by atoms with Crippen molar-refractivity contribution in [2.45, 2.75) is 45.1 Å². The lowest BCUT2D eigenvalue weighted by molar-refractivity contribution is 0.330. The van der Waals surface area contributed by atoms with E-state index in [1.165, 1.54) is 32.1 Å². The standard InChI is InChI=1S/C16H20ClN3/c1-2-11-7-9-12(10-8-11)18-15-13-5-3-4-6-14(13)19-16(17)20-15/h3-6,11-12H,2,7-10H2,1H3,(H,18,19,20). The van der Waals surface area contributed by atoms with Crippen LogP contribution >= 0.6 is 11.6 Å². The molecular weight excluding hydrogens is 270 g/mol. The van der Waals surface area contributed by atoms with Crippen molar-refractivity contribution in [3.05, 3.63) is 29.5 Å².